The summed E-state index contributed by atoms with van der Waals surface area (Å²) >= 11 is 1.65. The number of aromatic nitrogens is 1. The van der Waals surface area contributed by atoms with Crippen LogP contribution in [0.5, 0.6) is 0 Å². The van der Waals surface area contributed by atoms with Gasteiger partial charge in [-0.1, -0.05) is 0 Å². The van der Waals surface area contributed by atoms with E-state index < -0.39 is 5.97 Å². The van der Waals surface area contributed by atoms with Crippen LogP contribution < -0.4 is 5.56 Å². The van der Waals surface area contributed by atoms with Crippen LogP contribution in [0.4, 0.5) is 0 Å². The predicted octanol–water partition coefficient (Wildman–Crippen LogP) is 0.407. The summed E-state index contributed by atoms with van der Waals surface area (Å²) < 4.78 is 0. The number of nitrogens with zero attached hydrogens (tertiary/aromatic N) is 1. The van der Waals surface area contributed by atoms with Crippen LogP contribution in [0.15, 0.2) is 23.1 Å². The molecule has 1 aliphatic rings. The Balaban J connectivity index is 2.17. The van der Waals surface area contributed by atoms with Gasteiger partial charge in [0.05, 0.1) is 18.0 Å². The Morgan fingerprint density at radius 3 is 2.89 bits per heavy atom. The van der Waals surface area contributed by atoms with Gasteiger partial charge in [-0.15, -0.1) is 0 Å². The highest BCUT2D eigenvalue weighted by atomic mass is 32.2. The Morgan fingerprint density at radius 2 is 2.26 bits per heavy atom. The summed E-state index contributed by atoms with van der Waals surface area (Å²) in [6.45, 7) is 0.528. The summed E-state index contributed by atoms with van der Waals surface area (Å²) in [5.41, 5.74) is 0.106. The molecule has 102 valence electrons. The summed E-state index contributed by atoms with van der Waals surface area (Å²) in [7, 11) is 0. The van der Waals surface area contributed by atoms with E-state index in [-0.39, 0.29) is 23.9 Å². The van der Waals surface area contributed by atoms with Crippen LogP contribution in [0.3, 0.4) is 0 Å². The Labute approximate surface area is 113 Å². The van der Waals surface area contributed by atoms with Crippen molar-refractivity contribution in [3.63, 3.8) is 0 Å². The summed E-state index contributed by atoms with van der Waals surface area (Å²) in [6.07, 6.45) is 1.31. The van der Waals surface area contributed by atoms with Gasteiger partial charge >= 0.3 is 5.97 Å². The molecule has 1 fully saturated rings. The molecule has 2 heterocycles. The van der Waals surface area contributed by atoms with Gasteiger partial charge in [0.15, 0.2) is 0 Å². The highest BCUT2D eigenvalue weighted by molar-refractivity contribution is 7.99. The highest BCUT2D eigenvalue weighted by Gasteiger charge is 2.29. The molecule has 1 amide bonds. The third-order valence-corrected chi connectivity index (χ3v) is 4.02. The lowest BCUT2D eigenvalue weighted by molar-refractivity contribution is -0.138. The van der Waals surface area contributed by atoms with Gasteiger partial charge in [0, 0.05) is 30.3 Å². The fourth-order valence-electron chi connectivity index (χ4n) is 2.00. The van der Waals surface area contributed by atoms with Gasteiger partial charge in [-0.05, 0) is 6.07 Å². The lowest BCUT2D eigenvalue weighted by atomic mass is 10.1. The SMILES string of the molecule is O=C(O)CC1CSCCN1C(=O)c1ccc(=O)[nH]c1. The summed E-state index contributed by atoms with van der Waals surface area (Å²) in [5, 5.41) is 8.88. The number of nitrogens with one attached hydrogen (secondary N) is 1. The molecule has 1 unspecified atom stereocenters. The molecule has 0 bridgehead atoms. The van der Waals surface area contributed by atoms with E-state index in [2.05, 4.69) is 4.98 Å². The predicted molar refractivity (Wildman–Crippen MR) is 71.5 cm³/mol. The van der Waals surface area contributed by atoms with Crippen molar-refractivity contribution in [2.24, 2.45) is 0 Å². The number of aromatic amines is 1. The van der Waals surface area contributed by atoms with Crippen molar-refractivity contribution < 1.29 is 14.7 Å². The van der Waals surface area contributed by atoms with Crippen molar-refractivity contribution in [1.82, 2.24) is 9.88 Å². The van der Waals surface area contributed by atoms with Gasteiger partial charge in [0.1, 0.15) is 0 Å². The number of H-pyrrole nitrogens is 1. The van der Waals surface area contributed by atoms with Crippen LogP contribution in [0.2, 0.25) is 0 Å². The molecule has 19 heavy (non-hydrogen) atoms. The number of carbonyl (C=O) groups excluding carboxylic acids is 1. The minimum absolute atomic E-state index is 0.0535. The molecule has 0 radical (unpaired) electrons. The fraction of sp³-hybridized carbons (Fsp3) is 0.417. The molecule has 1 aromatic heterocycles. The number of hydrogen-bond donors (Lipinski definition) is 2. The Morgan fingerprint density at radius 1 is 1.47 bits per heavy atom. The summed E-state index contributed by atoms with van der Waals surface area (Å²) in [4.78, 5) is 38.1. The normalized spacial score (nSPS) is 19.2. The lowest BCUT2D eigenvalue weighted by Crippen LogP contribution is -2.47. The van der Waals surface area contributed by atoms with Gasteiger partial charge in [-0.2, -0.15) is 11.8 Å². The maximum Gasteiger partial charge on any atom is 0.305 e. The monoisotopic (exact) mass is 282 g/mol. The van der Waals surface area contributed by atoms with Gasteiger partial charge in [0.25, 0.3) is 5.91 Å². The van der Waals surface area contributed by atoms with Crippen molar-refractivity contribution in [2.45, 2.75) is 12.5 Å². The van der Waals surface area contributed by atoms with E-state index in [9.17, 15) is 14.4 Å². The second-order valence-corrected chi connectivity index (χ2v) is 5.42. The van der Waals surface area contributed by atoms with Gasteiger partial charge in [0.2, 0.25) is 5.56 Å². The number of carbonyl (C=O) groups is 2. The maximum atomic E-state index is 12.3. The van der Waals surface area contributed by atoms with Crippen LogP contribution in [-0.2, 0) is 4.79 Å². The molecular weight excluding hydrogens is 268 g/mol. The third-order valence-electron chi connectivity index (χ3n) is 2.93. The standard InChI is InChI=1S/C12H14N2O4S/c15-10-2-1-8(6-13-10)12(18)14-3-4-19-7-9(14)5-11(16)17/h1-2,6,9H,3-5,7H2,(H,13,15)(H,16,17). The molecule has 1 saturated heterocycles. The van der Waals surface area contributed by atoms with Crippen LogP contribution in [-0.4, -0.2) is 51.0 Å². The first-order valence-electron chi connectivity index (χ1n) is 5.87. The number of hydrogen-bond acceptors (Lipinski definition) is 4. The van der Waals surface area contributed by atoms with E-state index >= 15 is 0 Å². The van der Waals surface area contributed by atoms with Crippen LogP contribution in [0.1, 0.15) is 16.8 Å². The van der Waals surface area contributed by atoms with E-state index in [1.54, 1.807) is 16.7 Å². The zero-order chi connectivity index (χ0) is 13.8. The smallest absolute Gasteiger partial charge is 0.305 e. The molecule has 2 rings (SSSR count). The molecule has 0 aliphatic carbocycles. The zero-order valence-corrected chi connectivity index (χ0v) is 11.0. The second-order valence-electron chi connectivity index (χ2n) is 4.27. The average molecular weight is 282 g/mol. The largest absolute Gasteiger partial charge is 0.481 e. The maximum absolute atomic E-state index is 12.3. The number of thioether (sulfide) groups is 1. The Bertz CT molecular complexity index is 522. The van der Waals surface area contributed by atoms with Crippen LogP contribution >= 0.6 is 11.8 Å². The minimum atomic E-state index is -0.910. The molecule has 1 aliphatic heterocycles. The van der Waals surface area contributed by atoms with Gasteiger partial charge in [-0.25, -0.2) is 0 Å². The molecule has 7 heteroatoms. The number of aliphatic carboxylic acids is 1. The highest BCUT2D eigenvalue weighted by Crippen LogP contribution is 2.20. The van der Waals surface area contributed by atoms with E-state index in [4.69, 9.17) is 5.11 Å². The van der Waals surface area contributed by atoms with Gasteiger partial charge in [-0.3, -0.25) is 14.4 Å². The Hall–Kier alpha value is -1.76. The number of carboxylic acids is 1. The summed E-state index contributed by atoms with van der Waals surface area (Å²) in [5.74, 6) is 0.279. The molecule has 2 N–H and O–H groups in total. The second kappa shape index (κ2) is 5.92. The molecule has 1 aromatic rings. The summed E-state index contributed by atoms with van der Waals surface area (Å²) in [6, 6.07) is 2.45. The van der Waals surface area contributed by atoms with E-state index in [1.807, 2.05) is 0 Å². The molecule has 1 atom stereocenters. The van der Waals surface area contributed by atoms with Gasteiger partial charge < -0.3 is 15.0 Å². The quantitative estimate of drug-likeness (QED) is 0.838. The number of amides is 1. The van der Waals surface area contributed by atoms with E-state index in [1.165, 1.54) is 18.3 Å². The topological polar surface area (TPSA) is 90.5 Å². The number of carboxylic acid groups (broad SMARTS) is 1. The molecule has 0 spiro atoms. The Kier molecular flexibility index (Phi) is 4.26. The number of rotatable bonds is 3. The van der Waals surface area contributed by atoms with Crippen molar-refractivity contribution in [3.8, 4) is 0 Å². The van der Waals surface area contributed by atoms with Crippen molar-refractivity contribution >= 4 is 23.6 Å². The first kappa shape index (κ1) is 13.7. The fourth-order valence-corrected chi connectivity index (χ4v) is 3.06. The molecule has 6 nitrogen and oxygen atoms in total. The van der Waals surface area contributed by atoms with E-state index in [0.717, 1.165) is 5.75 Å². The zero-order valence-electron chi connectivity index (χ0n) is 10.2. The van der Waals surface area contributed by atoms with Crippen LogP contribution in [0.25, 0.3) is 0 Å². The van der Waals surface area contributed by atoms with Crippen molar-refractivity contribution in [3.05, 3.63) is 34.2 Å². The molecule has 0 aromatic carbocycles. The first-order valence-corrected chi connectivity index (χ1v) is 7.02. The average Bonchev–Trinajstić information content (AvgIpc) is 2.39. The molecule has 0 saturated carbocycles. The minimum Gasteiger partial charge on any atom is -0.481 e. The lowest BCUT2D eigenvalue weighted by Gasteiger charge is -2.34. The molecular formula is C12H14N2O4S. The third kappa shape index (κ3) is 3.37. The van der Waals surface area contributed by atoms with Crippen molar-refractivity contribution in [2.75, 3.05) is 18.1 Å². The van der Waals surface area contributed by atoms with E-state index in [0.29, 0.717) is 17.9 Å². The van der Waals surface area contributed by atoms with Crippen molar-refractivity contribution in [1.29, 1.82) is 0 Å². The number of pyridine rings is 1. The van der Waals surface area contributed by atoms with Crippen LogP contribution in [0, 0.1) is 0 Å². The first-order chi connectivity index (χ1) is 9.08.